The van der Waals surface area contributed by atoms with Crippen LogP contribution in [0.25, 0.3) is 45.0 Å². The number of aromatic nitrogens is 6. The van der Waals surface area contributed by atoms with E-state index in [9.17, 15) is 31.5 Å². The Morgan fingerprint density at radius 1 is 0.710 bits per heavy atom. The minimum absolute atomic E-state index is 0.304. The first-order valence-corrected chi connectivity index (χ1v) is 17.7. The van der Waals surface area contributed by atoms with Crippen LogP contribution in [0.5, 0.6) is 11.5 Å². The number of amides is 4. The molecule has 8 N–H and O–H groups in total. The van der Waals surface area contributed by atoms with Crippen LogP contribution in [-0.4, -0.2) is 73.0 Å². The minimum atomic E-state index is -5.08. The zero-order valence-electron chi connectivity index (χ0n) is 32.4. The smallest absolute Gasteiger partial charge is 0.490 e. The van der Waals surface area contributed by atoms with Crippen LogP contribution in [0, 0.1) is 11.6 Å². The maximum Gasteiger partial charge on any atom is 0.490 e. The van der Waals surface area contributed by atoms with Gasteiger partial charge in [-0.3, -0.25) is 10.6 Å². The molecule has 21 heteroatoms. The fraction of sp³-hybridized carbons (Fsp3) is 0.0976. The van der Waals surface area contributed by atoms with Gasteiger partial charge in [-0.25, -0.2) is 43.1 Å². The molecule has 0 saturated heterocycles. The lowest BCUT2D eigenvalue weighted by Gasteiger charge is -2.14. The van der Waals surface area contributed by atoms with Crippen LogP contribution in [0.3, 0.4) is 0 Å². The summed E-state index contributed by atoms with van der Waals surface area (Å²) >= 11 is 0. The quantitative estimate of drug-likeness (QED) is 0.0733. The molecule has 0 aliphatic heterocycles. The normalized spacial score (nSPS) is 10.6. The number of carbonyl (C=O) groups is 3. The average molecular weight is 859 g/mol. The molecule has 0 aliphatic rings. The molecule has 3 aromatic carbocycles. The Hall–Kier alpha value is -8.36. The summed E-state index contributed by atoms with van der Waals surface area (Å²) in [4.78, 5) is 51.2. The number of carboxylic acids is 1. The SMILES string of the molecule is COc1ccc(Cn2cnc(-c3ccc(F)cc3)c2-c2ccnc(NC(N)=O)c2)c(OC)c1.NC(=O)Nc1cc(-c2nc[nH]c2-c2ccc(F)cc2)ccn1.O=C(O)C(F)(F)F. The van der Waals surface area contributed by atoms with Gasteiger partial charge in [0.05, 0.1) is 56.2 Å². The summed E-state index contributed by atoms with van der Waals surface area (Å²) in [6.07, 6.45) is 1.29. The summed E-state index contributed by atoms with van der Waals surface area (Å²) < 4.78 is 71.1. The minimum Gasteiger partial charge on any atom is -0.497 e. The second kappa shape index (κ2) is 20.1. The topological polar surface area (TPSA) is 238 Å². The zero-order valence-corrected chi connectivity index (χ0v) is 32.4. The Morgan fingerprint density at radius 3 is 1.79 bits per heavy atom. The van der Waals surface area contributed by atoms with E-state index in [1.807, 2.05) is 22.8 Å². The van der Waals surface area contributed by atoms with E-state index in [2.05, 4.69) is 35.6 Å². The number of nitrogens with zero attached hydrogens (tertiary/aromatic N) is 5. The van der Waals surface area contributed by atoms with Crippen molar-refractivity contribution in [2.45, 2.75) is 12.7 Å². The molecule has 0 spiro atoms. The Bertz CT molecular complexity index is 2650. The predicted molar refractivity (Wildman–Crippen MR) is 217 cm³/mol. The van der Waals surface area contributed by atoms with Crippen LogP contribution in [0.1, 0.15) is 5.56 Å². The largest absolute Gasteiger partial charge is 0.497 e. The highest BCUT2D eigenvalue weighted by atomic mass is 19.4. The highest BCUT2D eigenvalue weighted by molar-refractivity contribution is 5.89. The van der Waals surface area contributed by atoms with Crippen LogP contribution in [0.4, 0.5) is 43.2 Å². The summed E-state index contributed by atoms with van der Waals surface area (Å²) in [5, 5.41) is 12.0. The summed E-state index contributed by atoms with van der Waals surface area (Å²) in [5.41, 5.74) is 17.1. The van der Waals surface area contributed by atoms with E-state index in [0.717, 1.165) is 39.2 Å². The van der Waals surface area contributed by atoms with Gasteiger partial charge in [-0.2, -0.15) is 13.2 Å². The van der Waals surface area contributed by atoms with Crippen molar-refractivity contribution in [1.29, 1.82) is 0 Å². The lowest BCUT2D eigenvalue weighted by molar-refractivity contribution is -0.192. The Labute approximate surface area is 348 Å². The van der Waals surface area contributed by atoms with Crippen LogP contribution in [0.2, 0.25) is 0 Å². The second-order valence-electron chi connectivity index (χ2n) is 12.5. The number of rotatable bonds is 10. The van der Waals surface area contributed by atoms with Crippen LogP contribution in [-0.2, 0) is 11.3 Å². The predicted octanol–water partition coefficient (Wildman–Crippen LogP) is 7.71. The van der Waals surface area contributed by atoms with Crippen molar-refractivity contribution in [1.82, 2.24) is 29.5 Å². The Morgan fingerprint density at radius 2 is 1.26 bits per heavy atom. The number of primary amides is 2. The first-order chi connectivity index (χ1) is 29.6. The van der Waals surface area contributed by atoms with Gasteiger partial charge in [-0.15, -0.1) is 0 Å². The molecule has 0 fully saturated rings. The van der Waals surface area contributed by atoms with Gasteiger partial charge in [0.25, 0.3) is 0 Å². The van der Waals surface area contributed by atoms with Crippen LogP contribution in [0.15, 0.2) is 116 Å². The van der Waals surface area contributed by atoms with Gasteiger partial charge in [-0.05, 0) is 84.9 Å². The average Bonchev–Trinajstić information content (AvgIpc) is 3.90. The number of hydrogen-bond acceptors (Lipinski definition) is 9. The number of H-pyrrole nitrogens is 1. The van der Waals surface area contributed by atoms with Crippen molar-refractivity contribution in [2.24, 2.45) is 11.5 Å². The first-order valence-electron chi connectivity index (χ1n) is 17.7. The van der Waals surface area contributed by atoms with Crippen LogP contribution >= 0.6 is 0 Å². The Kier molecular flexibility index (Phi) is 14.5. The van der Waals surface area contributed by atoms with Crippen molar-refractivity contribution < 1.29 is 50.9 Å². The maximum atomic E-state index is 13.5. The van der Waals surface area contributed by atoms with E-state index in [-0.39, 0.29) is 11.6 Å². The van der Waals surface area contributed by atoms with Crippen LogP contribution < -0.4 is 31.6 Å². The lowest BCUT2D eigenvalue weighted by atomic mass is 10.0. The molecule has 0 saturated carbocycles. The summed E-state index contributed by atoms with van der Waals surface area (Å²) in [6, 6.07) is 23.3. The maximum absolute atomic E-state index is 13.5. The molecule has 4 aromatic heterocycles. The summed E-state index contributed by atoms with van der Waals surface area (Å²) in [5.74, 6) is -1.40. The number of urea groups is 2. The zero-order chi connectivity index (χ0) is 45.0. The molecule has 0 aliphatic carbocycles. The number of anilines is 2. The van der Waals surface area contributed by atoms with Gasteiger partial charge in [0.2, 0.25) is 0 Å². The number of imidazole rings is 2. The van der Waals surface area contributed by atoms with Crippen molar-refractivity contribution in [2.75, 3.05) is 24.9 Å². The number of alkyl halides is 3. The van der Waals surface area contributed by atoms with Gasteiger partial charge in [-0.1, -0.05) is 0 Å². The number of ether oxygens (including phenoxy) is 2. The number of nitrogens with one attached hydrogen (secondary N) is 3. The number of halogens is 5. The third-order valence-electron chi connectivity index (χ3n) is 8.37. The fourth-order valence-electron chi connectivity index (χ4n) is 5.68. The number of aromatic amines is 1. The van der Waals surface area contributed by atoms with Crippen molar-refractivity contribution in [3.63, 3.8) is 0 Å². The third-order valence-corrected chi connectivity index (χ3v) is 8.37. The number of hydrogen-bond donors (Lipinski definition) is 6. The molecule has 62 heavy (non-hydrogen) atoms. The monoisotopic (exact) mass is 858 g/mol. The number of benzene rings is 3. The van der Waals surface area contributed by atoms with E-state index in [4.69, 9.17) is 30.8 Å². The highest BCUT2D eigenvalue weighted by Crippen LogP contribution is 2.35. The van der Waals surface area contributed by atoms with E-state index in [1.54, 1.807) is 87.8 Å². The van der Waals surface area contributed by atoms with E-state index >= 15 is 0 Å². The molecule has 4 heterocycles. The number of nitrogens with two attached hydrogens (primary N) is 2. The number of carboxylic acid groups (broad SMARTS) is 1. The molecule has 320 valence electrons. The lowest BCUT2D eigenvalue weighted by Crippen LogP contribution is -2.21. The highest BCUT2D eigenvalue weighted by Gasteiger charge is 2.38. The molecule has 7 aromatic rings. The van der Waals surface area contributed by atoms with E-state index in [1.165, 1.54) is 24.3 Å². The first kappa shape index (κ1) is 44.7. The number of aliphatic carboxylic acids is 1. The van der Waals surface area contributed by atoms with Gasteiger partial charge in [0, 0.05) is 46.3 Å². The molecule has 4 amide bonds. The molecule has 0 radical (unpaired) electrons. The van der Waals surface area contributed by atoms with Crippen molar-refractivity contribution >= 4 is 29.7 Å². The van der Waals surface area contributed by atoms with Gasteiger partial charge >= 0.3 is 24.2 Å². The molecule has 16 nitrogen and oxygen atoms in total. The van der Waals surface area contributed by atoms with E-state index < -0.39 is 24.2 Å². The van der Waals surface area contributed by atoms with Gasteiger partial charge < -0.3 is 35.6 Å². The second-order valence-corrected chi connectivity index (χ2v) is 12.5. The van der Waals surface area contributed by atoms with E-state index in [0.29, 0.717) is 41.1 Å². The molecule has 0 atom stereocenters. The Balaban J connectivity index is 0.000000215. The summed E-state index contributed by atoms with van der Waals surface area (Å²) in [6.45, 7) is 0.442. The van der Waals surface area contributed by atoms with Gasteiger partial charge in [0.1, 0.15) is 34.8 Å². The number of carbonyl (C=O) groups excluding carboxylic acids is 2. The standard InChI is InChI=1S/C24H22FN5O3.C15H12FN5O.C2HF3O2/c1-32-19-8-5-17(20(12-19)33-2)13-30-14-28-22(15-3-6-18(25)7-4-15)23(30)16-9-10-27-21(11-16)29-24(26)31;16-11-3-1-9(2-4-11)13-14(20-8-19-13)10-5-6-18-12(7-10)21-15(17)22;3-2(4,5)1(6)7/h3-12,14H,13H2,1-2H3,(H3,26,27,29,31);1-8H,(H,19,20)(H3,17,18,21,22);(H,6,7). The number of pyridine rings is 2. The molecular weight excluding hydrogens is 824 g/mol. The molecular formula is C41H35F5N10O6. The molecule has 0 unspecified atom stereocenters. The summed E-state index contributed by atoms with van der Waals surface area (Å²) in [7, 11) is 3.19. The fourth-order valence-corrected chi connectivity index (χ4v) is 5.68. The molecule has 0 bridgehead atoms. The van der Waals surface area contributed by atoms with Crippen molar-refractivity contribution in [3.8, 4) is 56.5 Å². The number of methoxy groups -OCH3 is 2. The third kappa shape index (κ3) is 11.9. The van der Waals surface area contributed by atoms with Gasteiger partial charge in [0.15, 0.2) is 0 Å². The molecule has 7 rings (SSSR count). The van der Waals surface area contributed by atoms with Crippen molar-refractivity contribution in [3.05, 3.63) is 133 Å².